The zero-order chi connectivity index (χ0) is 19.7. The average molecular weight is 419 g/mol. The molecule has 0 aliphatic carbocycles. The first kappa shape index (κ1) is 23.0. The summed E-state index contributed by atoms with van der Waals surface area (Å²) in [6.45, 7) is 0. The Morgan fingerprint density at radius 2 is 1.85 bits per heavy atom. The fourth-order valence-electron chi connectivity index (χ4n) is 1.82. The van der Waals surface area contributed by atoms with Crippen LogP contribution in [0.1, 0.15) is 0 Å². The Kier molecular flexibility index (Phi) is 7.10. The Hall–Kier alpha value is -2.03. The summed E-state index contributed by atoms with van der Waals surface area (Å²) in [7, 11) is -2.45. The average Bonchev–Trinajstić information content (AvgIpc) is 2.81. The van der Waals surface area contributed by atoms with Crippen molar-refractivity contribution >= 4 is 16.1 Å². The van der Waals surface area contributed by atoms with Gasteiger partial charge in [-0.3, -0.25) is 0 Å². The molecule has 0 saturated heterocycles. The summed E-state index contributed by atoms with van der Waals surface area (Å²) in [4.78, 5) is 22.9. The summed E-state index contributed by atoms with van der Waals surface area (Å²) in [5.41, 5.74) is -1.03. The van der Waals surface area contributed by atoms with Crippen LogP contribution in [0, 0.1) is 0 Å². The van der Waals surface area contributed by atoms with E-state index in [0.29, 0.717) is 0 Å². The second-order valence-corrected chi connectivity index (χ2v) is 6.30. The second-order valence-electron chi connectivity index (χ2n) is 4.65. The van der Waals surface area contributed by atoms with E-state index in [1.165, 1.54) is 11.8 Å². The third-order valence-corrected chi connectivity index (χ3v) is 4.26. The summed E-state index contributed by atoms with van der Waals surface area (Å²) >= 11 is 0. The van der Waals surface area contributed by atoms with Crippen molar-refractivity contribution in [3.05, 3.63) is 34.7 Å². The van der Waals surface area contributed by atoms with Crippen molar-refractivity contribution in [1.82, 2.24) is 19.1 Å². The van der Waals surface area contributed by atoms with Crippen molar-refractivity contribution in [3.63, 3.8) is 0 Å². The van der Waals surface area contributed by atoms with E-state index < -0.39 is 38.8 Å². The first-order chi connectivity index (χ1) is 12.0. The van der Waals surface area contributed by atoms with Gasteiger partial charge in [-0.25, -0.2) is 27.3 Å². The van der Waals surface area contributed by atoms with Gasteiger partial charge in [0.15, 0.2) is 0 Å². The molecule has 0 aliphatic heterocycles. The van der Waals surface area contributed by atoms with Gasteiger partial charge in [0.25, 0.3) is 10.0 Å². The second kappa shape index (κ2) is 8.33. The zero-order valence-electron chi connectivity index (χ0n) is 14.1. The molecule has 27 heavy (non-hydrogen) atoms. The van der Waals surface area contributed by atoms with E-state index in [0.717, 1.165) is 35.9 Å². The van der Waals surface area contributed by atoms with E-state index in [1.807, 2.05) is 0 Å². The smallest absolute Gasteiger partial charge is 0.467 e. The van der Waals surface area contributed by atoms with Crippen molar-refractivity contribution < 1.29 is 65.4 Å². The van der Waals surface area contributed by atoms with Crippen LogP contribution in [-0.4, -0.2) is 42.3 Å². The molecule has 2 aromatic rings. The molecule has 2 rings (SSSR count). The molecular weight excluding hydrogens is 408 g/mol. The normalized spacial score (nSPS) is 11.4. The molecule has 0 fully saturated rings. The van der Waals surface area contributed by atoms with Crippen LogP contribution in [0.5, 0.6) is 11.8 Å². The number of hydrogen-bond acceptors (Lipinski definition) is 7. The number of nitrogens with one attached hydrogen (secondary N) is 1. The predicted molar refractivity (Wildman–Crippen MR) is 78.3 cm³/mol. The number of ether oxygens (including phenoxy) is 2. The van der Waals surface area contributed by atoms with Gasteiger partial charge in [-0.15, -0.1) is 23.0 Å². The molecule has 0 spiro atoms. The molecule has 1 aromatic carbocycles. The molecular formula is C12H11F3N4NaO6S+. The summed E-state index contributed by atoms with van der Waals surface area (Å²) in [6.07, 6.45) is -5.15. The summed E-state index contributed by atoms with van der Waals surface area (Å²) in [5, 5.41) is 3.44. The number of alkyl halides is 3. The van der Waals surface area contributed by atoms with Gasteiger partial charge < -0.3 is 9.47 Å². The molecule has 0 saturated carbocycles. The van der Waals surface area contributed by atoms with E-state index in [-0.39, 0.29) is 40.2 Å². The molecule has 1 heterocycles. The summed E-state index contributed by atoms with van der Waals surface area (Å²) in [5.74, 6) is -1.05. The fourth-order valence-corrected chi connectivity index (χ4v) is 2.88. The fraction of sp³-hybridized carbons (Fsp3) is 0.250. The number of para-hydroxylation sites is 1. The molecule has 0 unspecified atom stereocenters. The van der Waals surface area contributed by atoms with Crippen molar-refractivity contribution in [2.75, 3.05) is 7.11 Å². The number of amides is 1. The first-order valence-electron chi connectivity index (χ1n) is 6.58. The minimum absolute atomic E-state index is 0. The topological polar surface area (TPSA) is 122 Å². The SMILES string of the molecule is COc1nn(C(=O)NS(=O)(=O)c2ccccc2OC(F)(F)F)c(=O)n1C.[Na+]. The van der Waals surface area contributed by atoms with Crippen molar-refractivity contribution in [1.29, 1.82) is 0 Å². The Morgan fingerprint density at radius 1 is 1.26 bits per heavy atom. The number of rotatable bonds is 4. The quantitative estimate of drug-likeness (QED) is 0.541. The van der Waals surface area contributed by atoms with E-state index in [2.05, 4.69) is 9.84 Å². The number of hydrogen-bond donors (Lipinski definition) is 1. The number of methoxy groups -OCH3 is 1. The molecule has 1 amide bonds. The van der Waals surface area contributed by atoms with Crippen LogP contribution in [0.3, 0.4) is 0 Å². The van der Waals surface area contributed by atoms with Crippen LogP contribution in [-0.2, 0) is 17.1 Å². The number of carbonyl (C=O) groups excluding carboxylic acids is 1. The maximum Gasteiger partial charge on any atom is 1.00 e. The monoisotopic (exact) mass is 419 g/mol. The number of carbonyl (C=O) groups is 1. The number of benzene rings is 1. The largest absolute Gasteiger partial charge is 1.00 e. The van der Waals surface area contributed by atoms with Gasteiger partial charge in [-0.2, -0.15) is 0 Å². The molecule has 0 radical (unpaired) electrons. The van der Waals surface area contributed by atoms with Gasteiger partial charge in [0.2, 0.25) is 0 Å². The van der Waals surface area contributed by atoms with E-state index in [9.17, 15) is 31.2 Å². The molecule has 1 N–H and O–H groups in total. The third-order valence-electron chi connectivity index (χ3n) is 2.90. The van der Waals surface area contributed by atoms with Gasteiger partial charge >= 0.3 is 53.7 Å². The molecule has 15 heteroatoms. The minimum Gasteiger partial charge on any atom is -0.467 e. The maximum absolute atomic E-state index is 12.4. The summed E-state index contributed by atoms with van der Waals surface area (Å²) < 4.78 is 72.4. The van der Waals surface area contributed by atoms with Gasteiger partial charge in [-0.1, -0.05) is 12.1 Å². The molecule has 0 bridgehead atoms. The first-order valence-corrected chi connectivity index (χ1v) is 8.06. The molecule has 0 aliphatic rings. The number of aromatic nitrogens is 3. The zero-order valence-corrected chi connectivity index (χ0v) is 17.0. The third kappa shape index (κ3) is 5.24. The van der Waals surface area contributed by atoms with E-state index in [4.69, 9.17) is 4.74 Å². The number of halogens is 3. The molecule has 0 atom stereocenters. The van der Waals surface area contributed by atoms with E-state index >= 15 is 0 Å². The van der Waals surface area contributed by atoms with Crippen LogP contribution >= 0.6 is 0 Å². The summed E-state index contributed by atoms with van der Waals surface area (Å²) in [6, 6.07) is 1.97. The number of nitrogens with zero attached hydrogens (tertiary/aromatic N) is 3. The van der Waals surface area contributed by atoms with Gasteiger partial charge in [0, 0.05) is 7.05 Å². The van der Waals surface area contributed by atoms with Crippen LogP contribution in [0.4, 0.5) is 18.0 Å². The van der Waals surface area contributed by atoms with Gasteiger partial charge in [-0.05, 0) is 12.1 Å². The predicted octanol–water partition coefficient (Wildman–Crippen LogP) is -2.56. The maximum atomic E-state index is 12.4. The Labute approximate surface area is 172 Å². The molecule has 10 nitrogen and oxygen atoms in total. The van der Waals surface area contributed by atoms with Crippen molar-refractivity contribution in [2.24, 2.45) is 7.05 Å². The van der Waals surface area contributed by atoms with Crippen molar-refractivity contribution in [3.8, 4) is 11.8 Å². The minimum atomic E-state index is -5.15. The van der Waals surface area contributed by atoms with Crippen molar-refractivity contribution in [2.45, 2.75) is 11.3 Å². The van der Waals surface area contributed by atoms with Gasteiger partial charge in [0.05, 0.1) is 7.11 Å². The Morgan fingerprint density at radius 3 is 2.37 bits per heavy atom. The van der Waals surface area contributed by atoms with E-state index in [1.54, 1.807) is 0 Å². The van der Waals surface area contributed by atoms with Crippen LogP contribution < -0.4 is 49.4 Å². The van der Waals surface area contributed by atoms with Crippen LogP contribution in [0.25, 0.3) is 0 Å². The molecule has 142 valence electrons. The number of sulfonamides is 1. The van der Waals surface area contributed by atoms with Crippen LogP contribution in [0.15, 0.2) is 34.0 Å². The molecule has 1 aromatic heterocycles. The standard InChI is InChI=1S/C12H11F3N4O6S.Na/c1-18-10(24-2)16-19(11(18)21)9(20)17-26(22,23)8-6-4-3-5-7(8)25-12(13,14)15;/h3-6H,1-2H3,(H,17,20);/q;+1. The Balaban J connectivity index is 0.00000364. The Bertz CT molecular complexity index is 1000. The van der Waals surface area contributed by atoms with Gasteiger partial charge in [0.1, 0.15) is 10.6 Å². The van der Waals surface area contributed by atoms with Crippen LogP contribution in [0.2, 0.25) is 0 Å².